The van der Waals surface area contributed by atoms with E-state index in [-0.39, 0.29) is 6.10 Å². The number of benzene rings is 1. The van der Waals surface area contributed by atoms with E-state index in [1.165, 1.54) is 0 Å². The minimum atomic E-state index is 0.180. The molecule has 0 bridgehead atoms. The molecule has 0 unspecified atom stereocenters. The number of carbonyl (C=O) groups excluding carboxylic acids is 1. The zero-order chi connectivity index (χ0) is 14.7. The lowest BCUT2D eigenvalue weighted by atomic mass is 10.1. The number of aromatic nitrogens is 2. The van der Waals surface area contributed by atoms with Crippen LogP contribution >= 0.6 is 0 Å². The molecule has 0 spiro atoms. The molecule has 5 nitrogen and oxygen atoms in total. The van der Waals surface area contributed by atoms with E-state index in [1.807, 2.05) is 12.1 Å². The number of ether oxygens (including phenoxy) is 1. The van der Waals surface area contributed by atoms with Gasteiger partial charge in [0.2, 0.25) is 5.88 Å². The summed E-state index contributed by atoms with van der Waals surface area (Å²) in [4.78, 5) is 21.8. The Balaban J connectivity index is 1.80. The van der Waals surface area contributed by atoms with Crippen molar-refractivity contribution in [1.29, 1.82) is 0 Å². The highest BCUT2D eigenvalue weighted by molar-refractivity contribution is 5.77. The smallest absolute Gasteiger partial charge is 0.217 e. The van der Waals surface area contributed by atoms with Gasteiger partial charge < -0.3 is 9.64 Å². The Morgan fingerprint density at radius 3 is 3.05 bits per heavy atom. The third-order valence-electron chi connectivity index (χ3n) is 3.55. The third kappa shape index (κ3) is 3.25. The first-order valence-corrected chi connectivity index (χ1v) is 6.98. The minimum Gasteiger partial charge on any atom is -0.473 e. The number of nitrogens with zero attached hydrogens (tertiary/aromatic N) is 3. The average molecular weight is 283 g/mol. The molecule has 1 aromatic heterocycles. The fourth-order valence-electron chi connectivity index (χ4n) is 2.46. The lowest BCUT2D eigenvalue weighted by Crippen LogP contribution is -2.21. The van der Waals surface area contributed by atoms with E-state index < -0.39 is 0 Å². The molecule has 0 saturated carbocycles. The van der Waals surface area contributed by atoms with Gasteiger partial charge in [-0.05, 0) is 19.5 Å². The van der Waals surface area contributed by atoms with Crippen molar-refractivity contribution >= 4 is 6.29 Å². The van der Waals surface area contributed by atoms with E-state index in [0.29, 0.717) is 17.3 Å². The Kier molecular flexibility index (Phi) is 3.92. The van der Waals surface area contributed by atoms with Crippen LogP contribution < -0.4 is 4.74 Å². The lowest BCUT2D eigenvalue weighted by Gasteiger charge is -2.13. The van der Waals surface area contributed by atoms with Gasteiger partial charge in [-0.3, -0.25) is 4.79 Å². The SMILES string of the molecule is CN1CC[C@H](Oc2ccnc(-c3cccc(C=O)c3)n2)C1. The van der Waals surface area contributed by atoms with Crippen LogP contribution in [0.2, 0.25) is 0 Å². The van der Waals surface area contributed by atoms with Crippen LogP contribution in [0, 0.1) is 0 Å². The summed E-state index contributed by atoms with van der Waals surface area (Å²) in [6, 6.07) is 9.00. The van der Waals surface area contributed by atoms with Gasteiger partial charge >= 0.3 is 0 Å². The molecular weight excluding hydrogens is 266 g/mol. The third-order valence-corrected chi connectivity index (χ3v) is 3.55. The van der Waals surface area contributed by atoms with Crippen LogP contribution in [0.5, 0.6) is 5.88 Å². The molecule has 1 saturated heterocycles. The van der Waals surface area contributed by atoms with Crippen LogP contribution in [0.4, 0.5) is 0 Å². The van der Waals surface area contributed by atoms with Gasteiger partial charge in [-0.25, -0.2) is 4.98 Å². The number of likely N-dealkylation sites (N-methyl/N-ethyl adjacent to an activating group) is 1. The summed E-state index contributed by atoms with van der Waals surface area (Å²) in [5.74, 6) is 1.15. The highest BCUT2D eigenvalue weighted by atomic mass is 16.5. The van der Waals surface area contributed by atoms with E-state index in [2.05, 4.69) is 21.9 Å². The maximum atomic E-state index is 10.8. The predicted octanol–water partition coefficient (Wildman–Crippen LogP) is 2.04. The molecule has 0 N–H and O–H groups in total. The van der Waals surface area contributed by atoms with E-state index >= 15 is 0 Å². The van der Waals surface area contributed by atoms with Gasteiger partial charge in [0.25, 0.3) is 0 Å². The molecule has 2 heterocycles. The molecule has 1 aromatic carbocycles. The van der Waals surface area contributed by atoms with E-state index in [1.54, 1.807) is 24.4 Å². The molecule has 108 valence electrons. The molecule has 0 aliphatic carbocycles. The van der Waals surface area contributed by atoms with Gasteiger partial charge in [0.15, 0.2) is 5.82 Å². The normalized spacial score (nSPS) is 18.6. The van der Waals surface area contributed by atoms with Crippen LogP contribution in [0.15, 0.2) is 36.5 Å². The monoisotopic (exact) mass is 283 g/mol. The molecule has 2 aromatic rings. The maximum absolute atomic E-state index is 10.8. The van der Waals surface area contributed by atoms with Crippen molar-refractivity contribution < 1.29 is 9.53 Å². The molecule has 21 heavy (non-hydrogen) atoms. The Labute approximate surface area is 123 Å². The molecule has 1 fully saturated rings. The summed E-state index contributed by atoms with van der Waals surface area (Å²) in [5, 5.41) is 0. The van der Waals surface area contributed by atoms with E-state index in [0.717, 1.165) is 31.4 Å². The summed E-state index contributed by atoms with van der Waals surface area (Å²) in [5.41, 5.74) is 1.42. The quantitative estimate of drug-likeness (QED) is 0.804. The van der Waals surface area contributed by atoms with Gasteiger partial charge in [-0.2, -0.15) is 4.98 Å². The molecule has 0 radical (unpaired) electrons. The Morgan fingerprint density at radius 2 is 2.29 bits per heavy atom. The number of hydrogen-bond acceptors (Lipinski definition) is 5. The number of hydrogen-bond donors (Lipinski definition) is 0. The number of likely N-dealkylation sites (tertiary alicyclic amines) is 1. The number of aldehydes is 1. The highest BCUT2D eigenvalue weighted by Gasteiger charge is 2.21. The summed E-state index contributed by atoms with van der Waals surface area (Å²) < 4.78 is 5.90. The molecular formula is C16H17N3O2. The second kappa shape index (κ2) is 6.01. The summed E-state index contributed by atoms with van der Waals surface area (Å²) in [7, 11) is 2.08. The van der Waals surface area contributed by atoms with Crippen molar-refractivity contribution in [2.45, 2.75) is 12.5 Å². The van der Waals surface area contributed by atoms with Crippen molar-refractivity contribution in [2.75, 3.05) is 20.1 Å². The molecule has 3 rings (SSSR count). The van der Waals surface area contributed by atoms with Crippen molar-refractivity contribution in [3.05, 3.63) is 42.1 Å². The summed E-state index contributed by atoms with van der Waals surface area (Å²) in [6.07, 6.45) is 3.69. The first-order valence-electron chi connectivity index (χ1n) is 6.98. The highest BCUT2D eigenvalue weighted by Crippen LogP contribution is 2.20. The Morgan fingerprint density at radius 1 is 1.38 bits per heavy atom. The fourth-order valence-corrected chi connectivity index (χ4v) is 2.46. The lowest BCUT2D eigenvalue weighted by molar-refractivity contribution is 0.112. The summed E-state index contributed by atoms with van der Waals surface area (Å²) >= 11 is 0. The van der Waals surface area contributed by atoms with Gasteiger partial charge in [0.1, 0.15) is 12.4 Å². The first-order chi connectivity index (χ1) is 10.2. The minimum absolute atomic E-state index is 0.180. The van der Waals surface area contributed by atoms with Crippen LogP contribution in [0.1, 0.15) is 16.8 Å². The average Bonchev–Trinajstić information content (AvgIpc) is 2.93. The topological polar surface area (TPSA) is 55.3 Å². The van der Waals surface area contributed by atoms with Crippen molar-refractivity contribution in [2.24, 2.45) is 0 Å². The molecule has 1 atom stereocenters. The second-order valence-corrected chi connectivity index (χ2v) is 5.25. The second-order valence-electron chi connectivity index (χ2n) is 5.25. The van der Waals surface area contributed by atoms with E-state index in [4.69, 9.17) is 4.74 Å². The van der Waals surface area contributed by atoms with E-state index in [9.17, 15) is 4.79 Å². The van der Waals surface area contributed by atoms with Crippen molar-refractivity contribution in [3.8, 4) is 17.3 Å². The van der Waals surface area contributed by atoms with Crippen LogP contribution in [0.3, 0.4) is 0 Å². The predicted molar refractivity (Wildman–Crippen MR) is 79.4 cm³/mol. The largest absolute Gasteiger partial charge is 0.473 e. The Hall–Kier alpha value is -2.27. The van der Waals surface area contributed by atoms with Gasteiger partial charge in [-0.1, -0.05) is 18.2 Å². The molecule has 1 aliphatic heterocycles. The van der Waals surface area contributed by atoms with Crippen LogP contribution in [-0.2, 0) is 0 Å². The maximum Gasteiger partial charge on any atom is 0.217 e. The van der Waals surface area contributed by atoms with Crippen molar-refractivity contribution in [3.63, 3.8) is 0 Å². The van der Waals surface area contributed by atoms with Crippen LogP contribution in [0.25, 0.3) is 11.4 Å². The zero-order valence-electron chi connectivity index (χ0n) is 11.9. The summed E-state index contributed by atoms with van der Waals surface area (Å²) in [6.45, 7) is 1.96. The first kappa shape index (κ1) is 13.7. The molecule has 1 aliphatic rings. The van der Waals surface area contributed by atoms with Gasteiger partial charge in [-0.15, -0.1) is 0 Å². The molecule has 5 heteroatoms. The number of carbonyl (C=O) groups is 1. The molecule has 0 amide bonds. The Bertz CT molecular complexity index is 645. The van der Waals surface area contributed by atoms with Crippen LogP contribution in [-0.4, -0.2) is 47.4 Å². The number of rotatable bonds is 4. The van der Waals surface area contributed by atoms with Gasteiger partial charge in [0.05, 0.1) is 0 Å². The van der Waals surface area contributed by atoms with Crippen molar-refractivity contribution in [1.82, 2.24) is 14.9 Å². The fraction of sp³-hybridized carbons (Fsp3) is 0.312. The zero-order valence-corrected chi connectivity index (χ0v) is 11.9. The standard InChI is InChI=1S/C16H17N3O2/c1-19-8-6-14(10-19)21-15-5-7-17-16(18-15)13-4-2-3-12(9-13)11-20/h2-5,7,9,11,14H,6,8,10H2,1H3/t14-/m0/s1. The van der Waals surface area contributed by atoms with Gasteiger partial charge in [0, 0.05) is 36.5 Å².